The molecule has 5 aromatic heterocycles. The maximum absolute atomic E-state index is 6.66. The lowest BCUT2D eigenvalue weighted by atomic mass is 10.0. The Morgan fingerprint density at radius 2 is 1.10 bits per heavy atom. The molecule has 0 aliphatic carbocycles. The van der Waals surface area contributed by atoms with E-state index in [-0.39, 0.29) is 0 Å². The van der Waals surface area contributed by atoms with Crippen LogP contribution in [0.2, 0.25) is 0 Å². The fourth-order valence-corrected chi connectivity index (χ4v) is 7.93. The molecule has 5 heterocycles. The first-order valence-corrected chi connectivity index (χ1v) is 16.7. The monoisotopic (exact) mass is 641 g/mol. The SMILES string of the molecule is c1ccc(-n2c3ccccc3c3c2ccc2c4ccc(Oc5ccc6c7ccccc7c7ccnn7c6c5)cc4n(-c4ccccn4)c23)cc1. The quantitative estimate of drug-likeness (QED) is 0.180. The summed E-state index contributed by atoms with van der Waals surface area (Å²) in [7, 11) is 0. The third kappa shape index (κ3) is 3.78. The van der Waals surface area contributed by atoms with Crippen LogP contribution in [-0.4, -0.2) is 23.7 Å². The van der Waals surface area contributed by atoms with Gasteiger partial charge in [0.2, 0.25) is 0 Å². The van der Waals surface area contributed by atoms with E-state index in [1.54, 1.807) is 0 Å². The summed E-state index contributed by atoms with van der Waals surface area (Å²) < 4.78 is 13.3. The molecule has 0 N–H and O–H groups in total. The van der Waals surface area contributed by atoms with Crippen molar-refractivity contribution >= 4 is 70.8 Å². The fraction of sp³-hybridized carbons (Fsp3) is 0. The topological polar surface area (TPSA) is 49.3 Å². The number of pyridine rings is 2. The molecule has 6 aromatic carbocycles. The van der Waals surface area contributed by atoms with Crippen molar-refractivity contribution in [1.29, 1.82) is 0 Å². The Labute approximate surface area is 285 Å². The van der Waals surface area contributed by atoms with Gasteiger partial charge in [-0.2, -0.15) is 5.10 Å². The van der Waals surface area contributed by atoms with E-state index < -0.39 is 0 Å². The van der Waals surface area contributed by atoms with E-state index in [9.17, 15) is 0 Å². The van der Waals surface area contributed by atoms with Gasteiger partial charge in [0.25, 0.3) is 0 Å². The second kappa shape index (κ2) is 10.3. The van der Waals surface area contributed by atoms with Crippen molar-refractivity contribution < 1.29 is 4.74 Å². The highest BCUT2D eigenvalue weighted by Crippen LogP contribution is 2.43. The summed E-state index contributed by atoms with van der Waals surface area (Å²) >= 11 is 0. The zero-order valence-corrected chi connectivity index (χ0v) is 26.7. The van der Waals surface area contributed by atoms with Crippen molar-refractivity contribution in [3.8, 4) is 23.0 Å². The van der Waals surface area contributed by atoms with Gasteiger partial charge >= 0.3 is 0 Å². The first-order chi connectivity index (χ1) is 24.8. The number of ether oxygens (including phenoxy) is 1. The highest BCUT2D eigenvalue weighted by molar-refractivity contribution is 6.26. The Balaban J connectivity index is 1.16. The van der Waals surface area contributed by atoms with Gasteiger partial charge in [-0.25, -0.2) is 9.50 Å². The van der Waals surface area contributed by atoms with E-state index >= 15 is 0 Å². The van der Waals surface area contributed by atoms with Crippen LogP contribution >= 0.6 is 0 Å². The lowest BCUT2D eigenvalue weighted by molar-refractivity contribution is 0.484. The molecule has 0 unspecified atom stereocenters. The molecule has 0 aliphatic rings. The zero-order valence-electron chi connectivity index (χ0n) is 26.7. The standard InChI is InChI=1S/C44H27N5O/c1-2-10-28(11-3-1)47-37-15-7-6-14-36(37)43-39(47)22-21-35-34-20-18-29(26-40(34)48(44(35)43)42-16-8-9-24-45-42)50-30-17-19-33-31-12-4-5-13-32(31)38-23-25-46-49(38)41(33)27-30/h1-27H. The minimum absolute atomic E-state index is 0.747. The third-order valence-corrected chi connectivity index (χ3v) is 10.00. The molecule has 0 bridgehead atoms. The average molecular weight is 642 g/mol. The van der Waals surface area contributed by atoms with Gasteiger partial charge in [-0.3, -0.25) is 4.57 Å². The molecule has 11 aromatic rings. The lowest BCUT2D eigenvalue weighted by Gasteiger charge is -2.12. The molecule has 11 rings (SSSR count). The molecular formula is C44H27N5O. The van der Waals surface area contributed by atoms with Crippen LogP contribution in [-0.2, 0) is 0 Å². The van der Waals surface area contributed by atoms with Gasteiger partial charge in [0.05, 0.1) is 39.3 Å². The Hall–Kier alpha value is -6.92. The van der Waals surface area contributed by atoms with Crippen LogP contribution in [0.25, 0.3) is 82.3 Å². The van der Waals surface area contributed by atoms with Crippen molar-refractivity contribution in [2.75, 3.05) is 0 Å². The molecule has 0 atom stereocenters. The van der Waals surface area contributed by atoms with Crippen LogP contribution < -0.4 is 4.74 Å². The first-order valence-electron chi connectivity index (χ1n) is 16.7. The van der Waals surface area contributed by atoms with Crippen molar-refractivity contribution in [1.82, 2.24) is 23.7 Å². The number of nitrogens with zero attached hydrogens (tertiary/aromatic N) is 5. The molecule has 0 spiro atoms. The summed E-state index contributed by atoms with van der Waals surface area (Å²) in [6, 6.07) is 53.0. The minimum atomic E-state index is 0.747. The molecule has 0 saturated carbocycles. The average Bonchev–Trinajstić information content (AvgIpc) is 3.89. The number of aromatic nitrogens is 5. The van der Waals surface area contributed by atoms with E-state index in [4.69, 9.17) is 9.72 Å². The molecule has 0 radical (unpaired) electrons. The van der Waals surface area contributed by atoms with Crippen molar-refractivity contribution in [2.24, 2.45) is 0 Å². The van der Waals surface area contributed by atoms with Crippen LogP contribution in [0.1, 0.15) is 0 Å². The van der Waals surface area contributed by atoms with Gasteiger partial charge in [-0.1, -0.05) is 72.8 Å². The third-order valence-electron chi connectivity index (χ3n) is 10.00. The highest BCUT2D eigenvalue weighted by atomic mass is 16.5. The lowest BCUT2D eigenvalue weighted by Crippen LogP contribution is -1.97. The number of rotatable bonds is 4. The molecule has 0 saturated heterocycles. The smallest absolute Gasteiger partial charge is 0.137 e. The summed E-state index contributed by atoms with van der Waals surface area (Å²) in [5, 5.41) is 12.9. The van der Waals surface area contributed by atoms with E-state index in [1.165, 1.54) is 32.4 Å². The first kappa shape index (κ1) is 27.1. The van der Waals surface area contributed by atoms with Crippen molar-refractivity contribution in [3.63, 3.8) is 0 Å². The van der Waals surface area contributed by atoms with Crippen LogP contribution in [0.3, 0.4) is 0 Å². The highest BCUT2D eigenvalue weighted by Gasteiger charge is 2.21. The van der Waals surface area contributed by atoms with E-state index in [0.717, 1.165) is 61.4 Å². The van der Waals surface area contributed by atoms with Gasteiger partial charge in [0.15, 0.2) is 0 Å². The molecule has 6 nitrogen and oxygen atoms in total. The second-order valence-corrected chi connectivity index (χ2v) is 12.7. The Kier molecular flexibility index (Phi) is 5.57. The predicted octanol–water partition coefficient (Wildman–Crippen LogP) is 11.0. The van der Waals surface area contributed by atoms with E-state index in [1.807, 2.05) is 35.1 Å². The van der Waals surface area contributed by atoms with Gasteiger partial charge in [-0.05, 0) is 72.1 Å². The normalized spacial score (nSPS) is 12.0. The fourth-order valence-electron chi connectivity index (χ4n) is 7.93. The number of fused-ring (bicyclic) bond motifs is 13. The minimum Gasteiger partial charge on any atom is -0.457 e. The van der Waals surface area contributed by atoms with Gasteiger partial charge in [0.1, 0.15) is 17.3 Å². The maximum Gasteiger partial charge on any atom is 0.137 e. The van der Waals surface area contributed by atoms with Crippen molar-refractivity contribution in [3.05, 3.63) is 164 Å². The Morgan fingerprint density at radius 1 is 0.420 bits per heavy atom. The molecule has 50 heavy (non-hydrogen) atoms. The van der Waals surface area contributed by atoms with Crippen LogP contribution in [0, 0.1) is 0 Å². The zero-order chi connectivity index (χ0) is 32.8. The van der Waals surface area contributed by atoms with Crippen LogP contribution in [0.5, 0.6) is 11.5 Å². The molecule has 0 fully saturated rings. The van der Waals surface area contributed by atoms with Crippen molar-refractivity contribution in [2.45, 2.75) is 0 Å². The van der Waals surface area contributed by atoms with Crippen LogP contribution in [0.15, 0.2) is 164 Å². The van der Waals surface area contributed by atoms with Gasteiger partial charge in [-0.15, -0.1) is 0 Å². The molecule has 234 valence electrons. The molecule has 0 amide bonds. The summed E-state index contributed by atoms with van der Waals surface area (Å²) in [6.07, 6.45) is 3.71. The van der Waals surface area contributed by atoms with Crippen LogP contribution in [0.4, 0.5) is 0 Å². The molecular weight excluding hydrogens is 615 g/mol. The molecule has 0 aliphatic heterocycles. The summed E-state index contributed by atoms with van der Waals surface area (Å²) in [5.74, 6) is 2.35. The second-order valence-electron chi connectivity index (χ2n) is 12.7. The van der Waals surface area contributed by atoms with E-state index in [2.05, 4.69) is 148 Å². The summed E-state index contributed by atoms with van der Waals surface area (Å²) in [4.78, 5) is 4.88. The Bertz CT molecular complexity index is 3120. The summed E-state index contributed by atoms with van der Waals surface area (Å²) in [5.41, 5.74) is 7.67. The number of hydrogen-bond acceptors (Lipinski definition) is 3. The van der Waals surface area contributed by atoms with E-state index in [0.29, 0.717) is 0 Å². The predicted molar refractivity (Wildman–Crippen MR) is 203 cm³/mol. The number of hydrogen-bond donors (Lipinski definition) is 0. The van der Waals surface area contributed by atoms with Gasteiger partial charge in [0, 0.05) is 56.3 Å². The number of benzene rings is 6. The molecule has 6 heteroatoms. The largest absolute Gasteiger partial charge is 0.457 e. The maximum atomic E-state index is 6.66. The van der Waals surface area contributed by atoms with Gasteiger partial charge < -0.3 is 9.30 Å². The number of para-hydroxylation sites is 2. The summed E-state index contributed by atoms with van der Waals surface area (Å²) in [6.45, 7) is 0. The Morgan fingerprint density at radius 3 is 1.92 bits per heavy atom.